The highest BCUT2D eigenvalue weighted by Gasteiger charge is 2.76. The summed E-state index contributed by atoms with van der Waals surface area (Å²) in [6, 6.07) is 9.31. The molecule has 0 aliphatic heterocycles. The van der Waals surface area contributed by atoms with Crippen LogP contribution in [-0.2, 0) is 17.6 Å². The Labute approximate surface area is 194 Å². The van der Waals surface area contributed by atoms with Gasteiger partial charge in [0.05, 0.1) is 5.71 Å². The summed E-state index contributed by atoms with van der Waals surface area (Å²) in [5, 5.41) is 6.05. The Hall–Kier alpha value is -3.38. The van der Waals surface area contributed by atoms with Crippen LogP contribution in [0.25, 0.3) is 0 Å². The first kappa shape index (κ1) is 26.2. The van der Waals surface area contributed by atoms with Gasteiger partial charge in [-0.1, -0.05) is 30.3 Å². The Bertz CT molecular complexity index is 1130. The minimum Gasteiger partial charge on any atom is -0.455 e. The van der Waals surface area contributed by atoms with Gasteiger partial charge in [0.2, 0.25) is 0 Å². The maximum atomic E-state index is 13.5. The number of nitrogens with zero attached hydrogens (tertiary/aromatic N) is 1. The highest BCUT2D eigenvalue weighted by atomic mass is 19.4. The lowest BCUT2D eigenvalue weighted by molar-refractivity contribution is -0.344. The maximum absolute atomic E-state index is 13.5. The third-order valence-corrected chi connectivity index (χ3v) is 5.40. The second-order valence-corrected chi connectivity index (χ2v) is 7.85. The molecule has 0 fully saturated rings. The number of hydrogen-bond acceptors (Lipinski definition) is 4. The topological polar surface area (TPSA) is 83.7 Å². The van der Waals surface area contributed by atoms with Crippen molar-refractivity contribution in [3.63, 3.8) is 0 Å². The maximum Gasteiger partial charge on any atom is 0.460 e. The molecule has 0 saturated carbocycles. The number of aryl methyl sites for hydroxylation is 1. The molecule has 1 aromatic carbocycles. The van der Waals surface area contributed by atoms with E-state index in [4.69, 9.17) is 4.42 Å². The number of hydrogen-bond donors (Lipinski definition) is 2. The number of halogens is 7. The summed E-state index contributed by atoms with van der Waals surface area (Å²) in [7, 11) is 0. The number of benzene rings is 1. The van der Waals surface area contributed by atoms with E-state index in [1.807, 2.05) is 30.3 Å². The molecule has 190 valence electrons. The van der Waals surface area contributed by atoms with Crippen molar-refractivity contribution in [1.82, 2.24) is 10.7 Å². The van der Waals surface area contributed by atoms with Crippen LogP contribution in [0, 0.1) is 6.92 Å². The molecule has 2 amide bonds. The Morgan fingerprint density at radius 1 is 1.03 bits per heavy atom. The summed E-state index contributed by atoms with van der Waals surface area (Å²) >= 11 is 0. The molecule has 0 unspecified atom stereocenters. The monoisotopic (exact) mass is 507 g/mol. The molecule has 1 heterocycles. The normalized spacial score (nSPS) is 15.6. The first-order valence-electron chi connectivity index (χ1n) is 10.4. The number of carbonyl (C=O) groups excluding carboxylic acids is 2. The fourth-order valence-electron chi connectivity index (χ4n) is 3.55. The van der Waals surface area contributed by atoms with Crippen molar-refractivity contribution < 1.29 is 44.7 Å². The van der Waals surface area contributed by atoms with Crippen LogP contribution in [0.2, 0.25) is 0 Å². The quantitative estimate of drug-likeness (QED) is 0.426. The summed E-state index contributed by atoms with van der Waals surface area (Å²) < 4.78 is 95.8. The summed E-state index contributed by atoms with van der Waals surface area (Å²) in [5.74, 6) is -16.0. The predicted molar refractivity (Wildman–Crippen MR) is 109 cm³/mol. The molecule has 2 aromatic rings. The zero-order chi connectivity index (χ0) is 26.0. The summed E-state index contributed by atoms with van der Waals surface area (Å²) in [6.07, 6.45) is -5.35. The largest absolute Gasteiger partial charge is 0.460 e. The summed E-state index contributed by atoms with van der Waals surface area (Å²) in [5.41, 5.74) is 2.47. The van der Waals surface area contributed by atoms with Crippen LogP contribution in [0.15, 0.2) is 39.9 Å². The van der Waals surface area contributed by atoms with Crippen molar-refractivity contribution in [2.24, 2.45) is 5.10 Å². The average Bonchev–Trinajstić information content (AvgIpc) is 3.14. The van der Waals surface area contributed by atoms with E-state index in [1.54, 1.807) is 0 Å². The fourth-order valence-corrected chi connectivity index (χ4v) is 3.55. The van der Waals surface area contributed by atoms with Crippen molar-refractivity contribution in [2.45, 2.75) is 50.6 Å². The zero-order valence-corrected chi connectivity index (χ0v) is 18.2. The standard InChI is InChI=1S/C22H20F7N3O3/c1-12-16-14(31-32-19(34)20(23,24)21(25,26)22(27,28)29)8-5-9-15(16)35-17(12)18(33)30-11-10-13-6-3-2-4-7-13/h2-4,6-7H,5,8-11H2,1H3,(H,30,33)(H,32,34)/b31-14+. The van der Waals surface area contributed by atoms with Gasteiger partial charge in [-0.15, -0.1) is 0 Å². The summed E-state index contributed by atoms with van der Waals surface area (Å²) in [6.45, 7) is 1.76. The van der Waals surface area contributed by atoms with Gasteiger partial charge in [-0.2, -0.15) is 35.8 Å². The highest BCUT2D eigenvalue weighted by molar-refractivity contribution is 6.06. The summed E-state index contributed by atoms with van der Waals surface area (Å²) in [4.78, 5) is 24.1. The van der Waals surface area contributed by atoms with Crippen molar-refractivity contribution in [2.75, 3.05) is 6.54 Å². The van der Waals surface area contributed by atoms with Crippen LogP contribution < -0.4 is 10.7 Å². The third-order valence-electron chi connectivity index (χ3n) is 5.40. The van der Waals surface area contributed by atoms with Crippen LogP contribution in [0.5, 0.6) is 0 Å². The second-order valence-electron chi connectivity index (χ2n) is 7.85. The molecule has 0 spiro atoms. The van der Waals surface area contributed by atoms with E-state index in [-0.39, 0.29) is 41.3 Å². The average molecular weight is 507 g/mol. The number of alkyl halides is 7. The molecule has 2 N–H and O–H groups in total. The van der Waals surface area contributed by atoms with E-state index in [1.165, 1.54) is 6.92 Å². The van der Waals surface area contributed by atoms with Gasteiger partial charge in [-0.3, -0.25) is 9.59 Å². The van der Waals surface area contributed by atoms with Crippen molar-refractivity contribution in [3.05, 3.63) is 58.5 Å². The number of carbonyl (C=O) groups is 2. The van der Waals surface area contributed by atoms with Crippen LogP contribution >= 0.6 is 0 Å². The Kier molecular flexibility index (Phi) is 7.27. The second kappa shape index (κ2) is 9.70. The van der Waals surface area contributed by atoms with Gasteiger partial charge in [-0.05, 0) is 31.7 Å². The molecule has 0 saturated heterocycles. The molecule has 0 bridgehead atoms. The molecule has 35 heavy (non-hydrogen) atoms. The minimum absolute atomic E-state index is 0.0734. The van der Waals surface area contributed by atoms with E-state index >= 15 is 0 Å². The van der Waals surface area contributed by atoms with E-state index in [0.717, 1.165) is 11.0 Å². The highest BCUT2D eigenvalue weighted by Crippen LogP contribution is 2.46. The molecular weight excluding hydrogens is 487 g/mol. The van der Waals surface area contributed by atoms with Crippen LogP contribution in [0.1, 0.15) is 45.8 Å². The van der Waals surface area contributed by atoms with Crippen molar-refractivity contribution >= 4 is 17.5 Å². The fraction of sp³-hybridized carbons (Fsp3) is 0.409. The van der Waals surface area contributed by atoms with Gasteiger partial charge >= 0.3 is 23.9 Å². The molecule has 0 atom stereocenters. The molecule has 3 rings (SSSR count). The Morgan fingerprint density at radius 3 is 2.31 bits per heavy atom. The lowest BCUT2D eigenvalue weighted by atomic mass is 9.93. The predicted octanol–water partition coefficient (Wildman–Crippen LogP) is 4.55. The number of amides is 2. The van der Waals surface area contributed by atoms with Gasteiger partial charge in [0, 0.05) is 24.1 Å². The molecule has 13 heteroatoms. The van der Waals surface area contributed by atoms with Crippen LogP contribution in [0.3, 0.4) is 0 Å². The van der Waals surface area contributed by atoms with Gasteiger partial charge in [-0.25, -0.2) is 5.43 Å². The first-order chi connectivity index (χ1) is 16.3. The third kappa shape index (κ3) is 5.17. The van der Waals surface area contributed by atoms with Gasteiger partial charge in [0.15, 0.2) is 5.76 Å². The van der Waals surface area contributed by atoms with E-state index < -0.39 is 29.8 Å². The number of furan rings is 1. The SMILES string of the molecule is Cc1c(C(=O)NCCc2ccccc2)oc2c1/C(=N/NC(=O)C(F)(F)C(F)(F)C(F)(F)F)CCC2. The first-order valence-corrected chi connectivity index (χ1v) is 10.4. The Balaban J connectivity index is 1.75. The number of rotatable bonds is 7. The molecule has 1 aliphatic rings. The smallest absolute Gasteiger partial charge is 0.455 e. The van der Waals surface area contributed by atoms with Gasteiger partial charge in [0.25, 0.3) is 5.91 Å². The van der Waals surface area contributed by atoms with Crippen LogP contribution in [0.4, 0.5) is 30.7 Å². The number of hydrazone groups is 1. The van der Waals surface area contributed by atoms with Crippen molar-refractivity contribution in [1.29, 1.82) is 0 Å². The zero-order valence-electron chi connectivity index (χ0n) is 18.2. The lowest BCUT2D eigenvalue weighted by Crippen LogP contribution is -2.58. The van der Waals surface area contributed by atoms with Gasteiger partial charge < -0.3 is 9.73 Å². The Morgan fingerprint density at radius 2 is 1.69 bits per heavy atom. The molecule has 1 aromatic heterocycles. The molecule has 6 nitrogen and oxygen atoms in total. The molecule has 0 radical (unpaired) electrons. The molecule has 1 aliphatic carbocycles. The van der Waals surface area contributed by atoms with Gasteiger partial charge in [0.1, 0.15) is 5.76 Å². The number of fused-ring (bicyclic) bond motifs is 1. The van der Waals surface area contributed by atoms with E-state index in [2.05, 4.69) is 10.4 Å². The molecular formula is C22H20F7N3O3. The van der Waals surface area contributed by atoms with Crippen LogP contribution in [-0.4, -0.2) is 42.1 Å². The van der Waals surface area contributed by atoms with Crippen molar-refractivity contribution in [3.8, 4) is 0 Å². The van der Waals surface area contributed by atoms with E-state index in [0.29, 0.717) is 19.3 Å². The lowest BCUT2D eigenvalue weighted by Gasteiger charge is -2.26. The van der Waals surface area contributed by atoms with E-state index in [9.17, 15) is 40.3 Å². The number of nitrogens with one attached hydrogen (secondary N) is 2. The minimum atomic E-state index is -6.65.